The van der Waals surface area contributed by atoms with Crippen LogP contribution in [-0.4, -0.2) is 83.8 Å². The van der Waals surface area contributed by atoms with Gasteiger partial charge in [0.25, 0.3) is 0 Å². The largest absolute Gasteiger partial charge is 0.668 e. The Balaban J connectivity index is 0. The van der Waals surface area contributed by atoms with E-state index in [4.69, 9.17) is 19.2 Å². The van der Waals surface area contributed by atoms with Crippen molar-refractivity contribution in [3.05, 3.63) is 0 Å². The number of hydrogen-bond acceptors (Lipinski definition) is 4. The molecular weight excluding hydrogens is 274 g/mol. The molecule has 0 aromatic rings. The second-order valence-electron chi connectivity index (χ2n) is 3.42. The Hall–Kier alpha value is 1.86. The molecule has 0 aliphatic heterocycles. The summed E-state index contributed by atoms with van der Waals surface area (Å²) in [5.41, 5.74) is 0. The van der Waals surface area contributed by atoms with Crippen LogP contribution in [-0.2, 0) is 0 Å². The maximum atomic E-state index is 7.33. The fourth-order valence-electron chi connectivity index (χ4n) is 1.19. The van der Waals surface area contributed by atoms with Crippen molar-refractivity contribution in [3.8, 4) is 0 Å². The zero-order chi connectivity index (χ0) is 11.6. The summed E-state index contributed by atoms with van der Waals surface area (Å²) in [5.74, 6) is 1.10. The van der Waals surface area contributed by atoms with E-state index in [1.165, 1.54) is 25.7 Å². The molecule has 0 amide bonds. The molecule has 0 heterocycles. The van der Waals surface area contributed by atoms with Crippen molar-refractivity contribution < 1.29 is 19.2 Å². The minimum Gasteiger partial charge on any atom is -0.368 e. The Kier molecular flexibility index (Phi) is 14.8. The van der Waals surface area contributed by atoms with Gasteiger partial charge in [-0.2, -0.15) is 0 Å². The van der Waals surface area contributed by atoms with Crippen LogP contribution in [0.4, 0.5) is 0 Å². The molecule has 0 saturated heterocycles. The average Bonchev–Trinajstić information content (AvgIpc) is 2.04. The van der Waals surface area contributed by atoms with Gasteiger partial charge < -0.3 is 19.2 Å². The summed E-state index contributed by atoms with van der Waals surface area (Å²) in [4.78, 5) is 29.3. The Labute approximate surface area is 127 Å². The Bertz CT molecular complexity index is 108. The monoisotopic (exact) mass is 294 g/mol. The van der Waals surface area contributed by atoms with Crippen molar-refractivity contribution >= 4 is 64.6 Å². The molecule has 0 fully saturated rings. The Morgan fingerprint density at radius 3 is 1.79 bits per heavy atom. The van der Waals surface area contributed by atoms with E-state index >= 15 is 0 Å². The molecule has 0 aliphatic carbocycles. The molecule has 0 spiro atoms. The third-order valence-electron chi connectivity index (χ3n) is 2.12. The summed E-state index contributed by atoms with van der Waals surface area (Å²) in [6.07, 6.45) is 5.76. The molecule has 4 nitrogen and oxygen atoms in total. The Morgan fingerprint density at radius 2 is 1.57 bits per heavy atom. The minimum absolute atomic E-state index is 0.939. The molecule has 4 N–H and O–H groups in total. The standard InChI is InChI=1S/C8H17.H4O4Si.Rb/c1-4-6-7-8(3)5-2;1-5(2,3)4;/h8H,3-7H2,1-2H3;1-4H;. The fraction of sp³-hybridized carbons (Fsp3) is 1.00. The van der Waals surface area contributed by atoms with Gasteiger partial charge in [0.05, 0.1) is 0 Å². The Morgan fingerprint density at radius 1 is 1.14 bits per heavy atom. The predicted octanol–water partition coefficient (Wildman–Crippen LogP) is 0.181. The molecule has 6 heteroatoms. The van der Waals surface area contributed by atoms with Crippen molar-refractivity contribution in [2.24, 2.45) is 5.92 Å². The molecule has 0 aromatic carbocycles. The maximum Gasteiger partial charge on any atom is 0.668 e. The number of rotatable bonds is 5. The summed E-state index contributed by atoms with van der Waals surface area (Å²) in [6.45, 7) is 4.61. The molecule has 1 atom stereocenters. The van der Waals surface area contributed by atoms with Gasteiger partial charge >= 0.3 is 110 Å². The van der Waals surface area contributed by atoms with E-state index in [1.807, 2.05) is 0 Å². The van der Waals surface area contributed by atoms with Crippen LogP contribution in [0.25, 0.3) is 0 Å². The van der Waals surface area contributed by atoms with Gasteiger partial charge in [0, 0.05) is 0 Å². The first-order valence-corrected chi connectivity index (χ1v) is 10.5. The van der Waals surface area contributed by atoms with Crippen molar-refractivity contribution in [1.82, 2.24) is 0 Å². The third kappa shape index (κ3) is 23.6. The maximum absolute atomic E-state index is 7.33. The molecule has 0 aliphatic rings. The van der Waals surface area contributed by atoms with Gasteiger partial charge in [-0.05, 0) is 0 Å². The SMILES string of the molecule is CCCCC(CC)[CH2][Rb].O[Si](O)(O)O. The summed E-state index contributed by atoms with van der Waals surface area (Å²) in [5, 5.41) is 0. The normalized spacial score (nSPS) is 13.1. The topological polar surface area (TPSA) is 80.9 Å². The molecule has 14 heavy (non-hydrogen) atoms. The number of hydrogen-bond donors (Lipinski definition) is 4. The molecule has 0 saturated carbocycles. The number of unbranched alkanes of at least 4 members (excludes halogenated alkanes) is 1. The van der Waals surface area contributed by atoms with E-state index in [0.29, 0.717) is 0 Å². The molecule has 0 aromatic heterocycles. The molecule has 1 unspecified atom stereocenters. The van der Waals surface area contributed by atoms with Gasteiger partial charge in [-0.25, -0.2) is 0 Å². The first-order valence-electron chi connectivity index (χ1n) is 5.24. The van der Waals surface area contributed by atoms with Crippen molar-refractivity contribution in [2.45, 2.75) is 39.0 Å². The summed E-state index contributed by atoms with van der Waals surface area (Å²) < 4.78 is 1.58. The third-order valence-corrected chi connectivity index (χ3v) is 4.96. The van der Waals surface area contributed by atoms with E-state index in [2.05, 4.69) is 13.8 Å². The van der Waals surface area contributed by atoms with Crippen LogP contribution < -0.4 is 0 Å². The van der Waals surface area contributed by atoms with Crippen LogP contribution in [0.2, 0.25) is -0.511 Å². The molecule has 0 rings (SSSR count). The summed E-state index contributed by atoms with van der Waals surface area (Å²) >= 11 is 0.939. The van der Waals surface area contributed by atoms with Crippen molar-refractivity contribution in [1.29, 1.82) is 0 Å². The quantitative estimate of drug-likeness (QED) is 0.545. The molecule has 0 radical (unpaired) electrons. The second kappa shape index (κ2) is 11.4. The van der Waals surface area contributed by atoms with Crippen LogP contribution in [0.1, 0.15) is 39.5 Å². The van der Waals surface area contributed by atoms with E-state index in [1.54, 1.807) is -0.511 Å². The molecule has 82 valence electrons. The zero-order valence-electron chi connectivity index (χ0n) is 9.40. The predicted molar refractivity (Wildman–Crippen MR) is 58.5 cm³/mol. The van der Waals surface area contributed by atoms with Gasteiger partial charge in [0.1, 0.15) is 0 Å². The smallest absolute Gasteiger partial charge is 0.368 e. The van der Waals surface area contributed by atoms with Crippen LogP contribution in [0.15, 0.2) is 0 Å². The van der Waals surface area contributed by atoms with Gasteiger partial charge in [-0.3, -0.25) is 0 Å². The summed E-state index contributed by atoms with van der Waals surface area (Å²) in [6, 6.07) is 0. The van der Waals surface area contributed by atoms with E-state index in [-0.39, 0.29) is 0 Å². The van der Waals surface area contributed by atoms with Gasteiger partial charge in [-0.1, -0.05) is 0 Å². The fourth-order valence-corrected chi connectivity index (χ4v) is 3.61. The van der Waals surface area contributed by atoms with Gasteiger partial charge in [-0.15, -0.1) is 0 Å². The van der Waals surface area contributed by atoms with Crippen molar-refractivity contribution in [3.63, 3.8) is 0 Å². The second-order valence-corrected chi connectivity index (χ2v) is 6.63. The van der Waals surface area contributed by atoms with Crippen LogP contribution in [0, 0.1) is 5.92 Å². The van der Waals surface area contributed by atoms with E-state index in [0.717, 1.165) is 61.5 Å². The first-order chi connectivity index (χ1) is 6.35. The van der Waals surface area contributed by atoms with E-state index < -0.39 is 9.05 Å². The zero-order valence-corrected chi connectivity index (χ0v) is 15.3. The van der Waals surface area contributed by atoms with Gasteiger partial charge in [0.15, 0.2) is 0 Å². The average molecular weight is 295 g/mol. The summed E-state index contributed by atoms with van der Waals surface area (Å²) in [7, 11) is -4.61. The van der Waals surface area contributed by atoms with E-state index in [9.17, 15) is 0 Å². The first kappa shape index (κ1) is 18.2. The van der Waals surface area contributed by atoms with Crippen LogP contribution in [0.5, 0.6) is 0 Å². The molecular formula is C8H21O4RbSi. The molecule has 0 bridgehead atoms. The van der Waals surface area contributed by atoms with Gasteiger partial charge in [0.2, 0.25) is 0 Å². The van der Waals surface area contributed by atoms with Crippen LogP contribution >= 0.6 is 0 Å². The minimum atomic E-state index is -4.61. The van der Waals surface area contributed by atoms with Crippen molar-refractivity contribution in [2.75, 3.05) is 0 Å². The van der Waals surface area contributed by atoms with Crippen LogP contribution in [0.3, 0.4) is 0 Å².